The zero-order valence-corrected chi connectivity index (χ0v) is 13.9. The third-order valence-electron chi connectivity index (χ3n) is 4.11. The average Bonchev–Trinajstić information content (AvgIpc) is 3.14. The van der Waals surface area contributed by atoms with Crippen LogP contribution in [0, 0.1) is 6.92 Å². The Labute approximate surface area is 144 Å². The van der Waals surface area contributed by atoms with Gasteiger partial charge in [0.1, 0.15) is 5.82 Å². The van der Waals surface area contributed by atoms with E-state index in [1.165, 1.54) is 0 Å². The SMILES string of the molecule is Cc1cc(N[C@@H]2CC(=O)N(c3ccccc3Cl)C2)n2nccc2n1. The number of halogens is 1. The van der Waals surface area contributed by atoms with E-state index in [1.54, 1.807) is 21.7 Å². The molecule has 3 heterocycles. The predicted octanol–water partition coefficient (Wildman–Crippen LogP) is 2.91. The molecule has 0 bridgehead atoms. The molecule has 7 heteroatoms. The van der Waals surface area contributed by atoms with Crippen LogP contribution in [-0.2, 0) is 4.79 Å². The number of hydrogen-bond donors (Lipinski definition) is 1. The minimum Gasteiger partial charge on any atom is -0.365 e. The van der Waals surface area contributed by atoms with Crippen molar-refractivity contribution in [2.75, 3.05) is 16.8 Å². The largest absolute Gasteiger partial charge is 0.365 e. The molecule has 0 saturated carbocycles. The van der Waals surface area contributed by atoms with Gasteiger partial charge in [0.2, 0.25) is 5.91 Å². The third kappa shape index (κ3) is 2.59. The van der Waals surface area contributed by atoms with Gasteiger partial charge in [-0.05, 0) is 19.1 Å². The molecule has 1 N–H and O–H groups in total. The smallest absolute Gasteiger partial charge is 0.229 e. The molecule has 24 heavy (non-hydrogen) atoms. The van der Waals surface area contributed by atoms with Crippen molar-refractivity contribution in [3.63, 3.8) is 0 Å². The summed E-state index contributed by atoms with van der Waals surface area (Å²) in [5, 5.41) is 8.28. The second-order valence-corrected chi connectivity index (χ2v) is 6.29. The van der Waals surface area contributed by atoms with Crippen LogP contribution in [0.5, 0.6) is 0 Å². The Morgan fingerprint density at radius 3 is 2.96 bits per heavy atom. The summed E-state index contributed by atoms with van der Waals surface area (Å²) in [6.45, 7) is 2.50. The molecule has 1 saturated heterocycles. The van der Waals surface area contributed by atoms with Crippen molar-refractivity contribution in [2.24, 2.45) is 0 Å². The van der Waals surface area contributed by atoms with Crippen molar-refractivity contribution in [1.82, 2.24) is 14.6 Å². The number of fused-ring (bicyclic) bond motifs is 1. The number of nitrogens with zero attached hydrogens (tertiary/aromatic N) is 4. The standard InChI is InChI=1S/C17H16ClN5O/c1-11-8-16(23-15(20-11)6-7-19-23)21-12-9-17(24)22(10-12)14-5-3-2-4-13(14)18/h2-8,12,21H,9-10H2,1H3/t12-/m1/s1. The number of benzene rings is 1. The minimum absolute atomic E-state index is 0.0111. The number of para-hydroxylation sites is 1. The van der Waals surface area contributed by atoms with Crippen LogP contribution >= 0.6 is 11.6 Å². The highest BCUT2D eigenvalue weighted by molar-refractivity contribution is 6.33. The van der Waals surface area contributed by atoms with Crippen LogP contribution in [-0.4, -0.2) is 33.1 Å². The lowest BCUT2D eigenvalue weighted by Gasteiger charge is -2.19. The van der Waals surface area contributed by atoms with Crippen molar-refractivity contribution in [3.8, 4) is 0 Å². The first-order chi connectivity index (χ1) is 11.6. The van der Waals surface area contributed by atoms with Crippen molar-refractivity contribution in [2.45, 2.75) is 19.4 Å². The molecule has 0 radical (unpaired) electrons. The molecule has 1 aliphatic rings. The number of carbonyl (C=O) groups is 1. The van der Waals surface area contributed by atoms with Crippen LogP contribution < -0.4 is 10.2 Å². The molecule has 1 amide bonds. The fourth-order valence-electron chi connectivity index (χ4n) is 3.06. The van der Waals surface area contributed by atoms with E-state index in [4.69, 9.17) is 11.6 Å². The molecule has 1 fully saturated rings. The average molecular weight is 342 g/mol. The van der Waals surface area contributed by atoms with E-state index in [-0.39, 0.29) is 11.9 Å². The van der Waals surface area contributed by atoms with Gasteiger partial charge in [-0.15, -0.1) is 0 Å². The van der Waals surface area contributed by atoms with Gasteiger partial charge in [-0.3, -0.25) is 4.79 Å². The minimum atomic E-state index is -0.0111. The molecular weight excluding hydrogens is 326 g/mol. The molecule has 0 spiro atoms. The van der Waals surface area contributed by atoms with E-state index in [1.807, 2.05) is 37.3 Å². The third-order valence-corrected chi connectivity index (χ3v) is 4.43. The summed E-state index contributed by atoms with van der Waals surface area (Å²) >= 11 is 6.23. The van der Waals surface area contributed by atoms with Crippen molar-refractivity contribution >= 4 is 34.7 Å². The van der Waals surface area contributed by atoms with E-state index in [9.17, 15) is 4.79 Å². The lowest BCUT2D eigenvalue weighted by molar-refractivity contribution is -0.117. The van der Waals surface area contributed by atoms with Gasteiger partial charge in [0, 0.05) is 30.8 Å². The van der Waals surface area contributed by atoms with Crippen LogP contribution in [0.3, 0.4) is 0 Å². The maximum absolute atomic E-state index is 12.4. The lowest BCUT2D eigenvalue weighted by atomic mass is 10.2. The Morgan fingerprint density at radius 1 is 1.29 bits per heavy atom. The molecule has 4 rings (SSSR count). The van der Waals surface area contributed by atoms with Gasteiger partial charge in [-0.2, -0.15) is 9.61 Å². The number of aryl methyl sites for hydroxylation is 1. The predicted molar refractivity (Wildman–Crippen MR) is 93.6 cm³/mol. The van der Waals surface area contributed by atoms with Gasteiger partial charge < -0.3 is 10.2 Å². The number of aromatic nitrogens is 3. The number of hydrogen-bond acceptors (Lipinski definition) is 4. The number of carbonyl (C=O) groups excluding carboxylic acids is 1. The summed E-state index contributed by atoms with van der Waals surface area (Å²) in [6, 6.07) is 11.2. The number of amides is 1. The monoisotopic (exact) mass is 341 g/mol. The van der Waals surface area contributed by atoms with E-state index in [0.29, 0.717) is 18.0 Å². The van der Waals surface area contributed by atoms with Gasteiger partial charge in [0.25, 0.3) is 0 Å². The first-order valence-electron chi connectivity index (χ1n) is 7.74. The normalized spacial score (nSPS) is 17.7. The Bertz CT molecular complexity index is 922. The summed E-state index contributed by atoms with van der Waals surface area (Å²) in [6.07, 6.45) is 2.12. The van der Waals surface area contributed by atoms with Gasteiger partial charge in [-0.25, -0.2) is 4.98 Å². The Morgan fingerprint density at radius 2 is 2.12 bits per heavy atom. The molecule has 3 aromatic rings. The molecule has 1 atom stereocenters. The van der Waals surface area contributed by atoms with Crippen molar-refractivity contribution < 1.29 is 4.79 Å². The molecule has 1 aliphatic heterocycles. The summed E-state index contributed by atoms with van der Waals surface area (Å²) in [7, 11) is 0. The Kier molecular flexibility index (Phi) is 3.61. The zero-order valence-electron chi connectivity index (χ0n) is 13.1. The summed E-state index contributed by atoms with van der Waals surface area (Å²) in [5.41, 5.74) is 2.44. The van der Waals surface area contributed by atoms with Gasteiger partial charge in [0.15, 0.2) is 5.65 Å². The first kappa shape index (κ1) is 15.0. The van der Waals surface area contributed by atoms with E-state index in [2.05, 4.69) is 15.4 Å². The molecule has 122 valence electrons. The number of rotatable bonds is 3. The molecule has 2 aromatic heterocycles. The van der Waals surface area contributed by atoms with E-state index >= 15 is 0 Å². The summed E-state index contributed by atoms with van der Waals surface area (Å²) in [5.74, 6) is 0.893. The van der Waals surface area contributed by atoms with Crippen LogP contribution in [0.4, 0.5) is 11.5 Å². The molecule has 1 aromatic carbocycles. The van der Waals surface area contributed by atoms with Gasteiger partial charge in [-0.1, -0.05) is 23.7 Å². The van der Waals surface area contributed by atoms with Gasteiger partial charge in [0.05, 0.1) is 22.9 Å². The maximum atomic E-state index is 12.4. The van der Waals surface area contributed by atoms with Crippen molar-refractivity contribution in [3.05, 3.63) is 53.3 Å². The second-order valence-electron chi connectivity index (χ2n) is 5.89. The van der Waals surface area contributed by atoms with Crippen LogP contribution in [0.2, 0.25) is 5.02 Å². The number of anilines is 2. The highest BCUT2D eigenvalue weighted by Gasteiger charge is 2.32. The molecule has 0 aliphatic carbocycles. The van der Waals surface area contributed by atoms with Crippen LogP contribution in [0.1, 0.15) is 12.1 Å². The molecule has 0 unspecified atom stereocenters. The van der Waals surface area contributed by atoms with E-state index in [0.717, 1.165) is 22.8 Å². The fraction of sp³-hybridized carbons (Fsp3) is 0.235. The van der Waals surface area contributed by atoms with Crippen LogP contribution in [0.15, 0.2) is 42.6 Å². The lowest BCUT2D eigenvalue weighted by Crippen LogP contribution is -2.28. The Balaban J connectivity index is 1.59. The van der Waals surface area contributed by atoms with Gasteiger partial charge >= 0.3 is 0 Å². The summed E-state index contributed by atoms with van der Waals surface area (Å²) in [4.78, 5) is 18.6. The number of nitrogens with one attached hydrogen (secondary N) is 1. The Hall–Kier alpha value is -2.60. The summed E-state index contributed by atoms with van der Waals surface area (Å²) < 4.78 is 1.75. The van der Waals surface area contributed by atoms with E-state index < -0.39 is 0 Å². The van der Waals surface area contributed by atoms with Crippen LogP contribution in [0.25, 0.3) is 5.65 Å². The topological polar surface area (TPSA) is 62.5 Å². The maximum Gasteiger partial charge on any atom is 0.229 e. The quantitative estimate of drug-likeness (QED) is 0.795. The highest BCUT2D eigenvalue weighted by Crippen LogP contribution is 2.30. The first-order valence-corrected chi connectivity index (χ1v) is 8.12. The second kappa shape index (κ2) is 5.79. The molecular formula is C17H16ClN5O. The zero-order chi connectivity index (χ0) is 16.7. The fourth-order valence-corrected chi connectivity index (χ4v) is 3.30. The molecule has 6 nitrogen and oxygen atoms in total. The highest BCUT2D eigenvalue weighted by atomic mass is 35.5. The van der Waals surface area contributed by atoms with Crippen molar-refractivity contribution in [1.29, 1.82) is 0 Å².